The third-order valence-corrected chi connectivity index (χ3v) is 4.56. The molecule has 0 radical (unpaired) electrons. The molecule has 0 amide bonds. The molecule has 6 nitrogen and oxygen atoms in total. The van der Waals surface area contributed by atoms with Crippen LogP contribution in [0.4, 0.5) is 0 Å². The molecule has 0 fully saturated rings. The first-order chi connectivity index (χ1) is 9.44. The van der Waals surface area contributed by atoms with Gasteiger partial charge < -0.3 is 9.84 Å². The van der Waals surface area contributed by atoms with E-state index in [1.54, 1.807) is 18.4 Å². The third-order valence-electron chi connectivity index (χ3n) is 2.34. The summed E-state index contributed by atoms with van der Waals surface area (Å²) in [5, 5.41) is 10.4. The van der Waals surface area contributed by atoms with Crippen molar-refractivity contribution in [3.05, 3.63) is 28.0 Å². The Kier molecular flexibility index (Phi) is 6.86. The number of aliphatic carboxylic acids is 1. The SMILES string of the molecule is CCOCCS(=O)(=O)NCc1sccc1/C=C/C(=O)O. The van der Waals surface area contributed by atoms with Gasteiger partial charge in [0.15, 0.2) is 0 Å². The highest BCUT2D eigenvalue weighted by Gasteiger charge is 2.11. The number of sulfonamides is 1. The van der Waals surface area contributed by atoms with Gasteiger partial charge in [-0.3, -0.25) is 0 Å². The quantitative estimate of drug-likeness (QED) is 0.529. The average Bonchev–Trinajstić information content (AvgIpc) is 2.82. The van der Waals surface area contributed by atoms with Gasteiger partial charge in [0.2, 0.25) is 10.0 Å². The summed E-state index contributed by atoms with van der Waals surface area (Å²) in [6.45, 7) is 2.57. The highest BCUT2D eigenvalue weighted by molar-refractivity contribution is 7.89. The van der Waals surface area contributed by atoms with Crippen LogP contribution in [0.2, 0.25) is 0 Å². The number of nitrogens with one attached hydrogen (secondary N) is 1. The van der Waals surface area contributed by atoms with Crippen molar-refractivity contribution in [1.29, 1.82) is 0 Å². The summed E-state index contributed by atoms with van der Waals surface area (Å²) in [7, 11) is -3.39. The summed E-state index contributed by atoms with van der Waals surface area (Å²) < 4.78 is 30.8. The smallest absolute Gasteiger partial charge is 0.328 e. The Labute approximate surface area is 122 Å². The van der Waals surface area contributed by atoms with Gasteiger partial charge in [-0.15, -0.1) is 11.3 Å². The van der Waals surface area contributed by atoms with Crippen LogP contribution in [-0.2, 0) is 26.1 Å². The molecule has 0 bridgehead atoms. The van der Waals surface area contributed by atoms with Crippen molar-refractivity contribution in [3.8, 4) is 0 Å². The topological polar surface area (TPSA) is 92.7 Å². The van der Waals surface area contributed by atoms with Crippen LogP contribution in [0.1, 0.15) is 17.4 Å². The fraction of sp³-hybridized carbons (Fsp3) is 0.417. The van der Waals surface area contributed by atoms with Gasteiger partial charge >= 0.3 is 5.97 Å². The van der Waals surface area contributed by atoms with E-state index in [1.165, 1.54) is 17.4 Å². The molecule has 0 aliphatic rings. The molecule has 2 N–H and O–H groups in total. The molecule has 0 aromatic carbocycles. The van der Waals surface area contributed by atoms with Gasteiger partial charge in [0.25, 0.3) is 0 Å². The largest absolute Gasteiger partial charge is 0.478 e. The molecule has 8 heteroatoms. The van der Waals surface area contributed by atoms with Gasteiger partial charge in [-0.1, -0.05) is 0 Å². The van der Waals surface area contributed by atoms with Crippen molar-refractivity contribution in [2.24, 2.45) is 0 Å². The zero-order chi connectivity index (χ0) is 15.0. The van der Waals surface area contributed by atoms with Gasteiger partial charge in [0.05, 0.1) is 12.4 Å². The summed E-state index contributed by atoms with van der Waals surface area (Å²) in [4.78, 5) is 11.2. The van der Waals surface area contributed by atoms with Crippen LogP contribution in [0.15, 0.2) is 17.5 Å². The lowest BCUT2D eigenvalue weighted by Crippen LogP contribution is -2.27. The molecule has 1 aromatic heterocycles. The van der Waals surface area contributed by atoms with Crippen molar-refractivity contribution in [3.63, 3.8) is 0 Å². The van der Waals surface area contributed by atoms with Crippen LogP contribution in [0, 0.1) is 0 Å². The van der Waals surface area contributed by atoms with E-state index in [2.05, 4.69) is 4.72 Å². The van der Waals surface area contributed by atoms with Crippen LogP contribution in [-0.4, -0.2) is 38.5 Å². The minimum Gasteiger partial charge on any atom is -0.478 e. The monoisotopic (exact) mass is 319 g/mol. The Bertz CT molecular complexity index is 562. The zero-order valence-electron chi connectivity index (χ0n) is 11.0. The summed E-state index contributed by atoms with van der Waals surface area (Å²) in [6, 6.07) is 1.74. The Hall–Kier alpha value is -1.22. The minimum atomic E-state index is -3.39. The predicted molar refractivity (Wildman–Crippen MR) is 78.1 cm³/mol. The van der Waals surface area contributed by atoms with Crippen molar-refractivity contribution < 1.29 is 23.1 Å². The molecule has 1 aromatic rings. The van der Waals surface area contributed by atoms with E-state index in [4.69, 9.17) is 9.84 Å². The molecule has 0 aliphatic heterocycles. The van der Waals surface area contributed by atoms with Gasteiger partial charge in [0.1, 0.15) is 0 Å². The second kappa shape index (κ2) is 8.15. The number of carbonyl (C=O) groups is 1. The number of hydrogen-bond acceptors (Lipinski definition) is 5. The predicted octanol–water partition coefficient (Wildman–Crippen LogP) is 1.30. The van der Waals surface area contributed by atoms with E-state index >= 15 is 0 Å². The van der Waals surface area contributed by atoms with E-state index in [0.29, 0.717) is 12.2 Å². The normalized spacial score (nSPS) is 12.1. The first-order valence-corrected chi connectivity index (χ1v) is 8.50. The molecular weight excluding hydrogens is 302 g/mol. The van der Waals surface area contributed by atoms with Gasteiger partial charge in [-0.25, -0.2) is 17.9 Å². The molecule has 1 rings (SSSR count). The lowest BCUT2D eigenvalue weighted by atomic mass is 10.2. The number of carboxylic acids is 1. The molecule has 0 unspecified atom stereocenters. The van der Waals surface area contributed by atoms with E-state index in [-0.39, 0.29) is 18.9 Å². The van der Waals surface area contributed by atoms with Crippen LogP contribution in [0.25, 0.3) is 6.08 Å². The molecule has 20 heavy (non-hydrogen) atoms. The molecule has 0 atom stereocenters. The van der Waals surface area contributed by atoms with E-state index in [1.807, 2.05) is 0 Å². The lowest BCUT2D eigenvalue weighted by Gasteiger charge is -2.06. The third kappa shape index (κ3) is 6.29. The van der Waals surface area contributed by atoms with Crippen LogP contribution >= 0.6 is 11.3 Å². The first-order valence-electron chi connectivity index (χ1n) is 5.97. The molecule has 112 valence electrons. The minimum absolute atomic E-state index is 0.0908. The number of thiophene rings is 1. The van der Waals surface area contributed by atoms with E-state index in [0.717, 1.165) is 11.0 Å². The Balaban J connectivity index is 2.57. The Morgan fingerprint density at radius 1 is 1.55 bits per heavy atom. The molecule has 0 saturated heterocycles. The van der Waals surface area contributed by atoms with Crippen molar-refractivity contribution in [1.82, 2.24) is 4.72 Å². The van der Waals surface area contributed by atoms with Crippen LogP contribution in [0.5, 0.6) is 0 Å². The molecule has 1 heterocycles. The standard InChI is InChI=1S/C12H17NO5S2/c1-2-18-6-8-20(16,17)13-9-11-10(5-7-19-11)3-4-12(14)15/h3-5,7,13H,2,6,8-9H2,1H3,(H,14,15)/b4-3+. The Morgan fingerprint density at radius 3 is 2.95 bits per heavy atom. The van der Waals surface area contributed by atoms with Gasteiger partial charge in [0, 0.05) is 24.1 Å². The van der Waals surface area contributed by atoms with Crippen molar-refractivity contribution in [2.75, 3.05) is 19.0 Å². The molecule has 0 aliphatic carbocycles. The summed E-state index contributed by atoms with van der Waals surface area (Å²) in [6.07, 6.45) is 2.47. The number of rotatable bonds is 9. The van der Waals surface area contributed by atoms with Crippen molar-refractivity contribution in [2.45, 2.75) is 13.5 Å². The highest BCUT2D eigenvalue weighted by atomic mass is 32.2. The fourth-order valence-corrected chi connectivity index (χ4v) is 3.11. The van der Waals surface area contributed by atoms with E-state index in [9.17, 15) is 13.2 Å². The summed E-state index contributed by atoms with van der Waals surface area (Å²) in [5.74, 6) is -1.13. The fourth-order valence-electron chi connectivity index (χ4n) is 1.36. The first kappa shape index (κ1) is 16.8. The highest BCUT2D eigenvalue weighted by Crippen LogP contribution is 2.18. The lowest BCUT2D eigenvalue weighted by molar-refractivity contribution is -0.131. The maximum Gasteiger partial charge on any atom is 0.328 e. The van der Waals surface area contributed by atoms with Gasteiger partial charge in [-0.05, 0) is 30.0 Å². The Morgan fingerprint density at radius 2 is 2.30 bits per heavy atom. The maximum absolute atomic E-state index is 11.7. The number of ether oxygens (including phenoxy) is 1. The second-order valence-corrected chi connectivity index (χ2v) is 6.73. The zero-order valence-corrected chi connectivity index (χ0v) is 12.7. The van der Waals surface area contributed by atoms with Gasteiger partial charge in [-0.2, -0.15) is 0 Å². The van der Waals surface area contributed by atoms with E-state index < -0.39 is 16.0 Å². The number of carboxylic acid groups (broad SMARTS) is 1. The number of hydrogen-bond donors (Lipinski definition) is 2. The summed E-state index contributed by atoms with van der Waals surface area (Å²) in [5.41, 5.74) is 0.699. The van der Waals surface area contributed by atoms with Crippen LogP contribution in [0.3, 0.4) is 0 Å². The second-order valence-electron chi connectivity index (χ2n) is 3.81. The maximum atomic E-state index is 11.7. The summed E-state index contributed by atoms with van der Waals surface area (Å²) >= 11 is 1.37. The van der Waals surface area contributed by atoms with Crippen molar-refractivity contribution >= 4 is 33.4 Å². The molecular formula is C12H17NO5S2. The van der Waals surface area contributed by atoms with Crippen LogP contribution < -0.4 is 4.72 Å². The molecule has 0 saturated carbocycles. The molecule has 0 spiro atoms. The average molecular weight is 319 g/mol.